The Kier molecular flexibility index (Phi) is 3.59. The molecule has 0 saturated heterocycles. The second kappa shape index (κ2) is 4.85. The fourth-order valence-corrected chi connectivity index (χ4v) is 3.26. The molecule has 2 heterocycles. The van der Waals surface area contributed by atoms with Gasteiger partial charge < -0.3 is 4.57 Å². The van der Waals surface area contributed by atoms with Gasteiger partial charge in [-0.05, 0) is 19.1 Å². The summed E-state index contributed by atoms with van der Waals surface area (Å²) in [7, 11) is -3.06. The van der Waals surface area contributed by atoms with Gasteiger partial charge >= 0.3 is 0 Å². The first-order valence-electron chi connectivity index (χ1n) is 5.48. The van der Waals surface area contributed by atoms with Crippen LogP contribution in [-0.4, -0.2) is 35.0 Å². The van der Waals surface area contributed by atoms with Crippen molar-refractivity contribution >= 4 is 32.6 Å². The molecule has 2 aromatic heterocycles. The highest BCUT2D eigenvalue weighted by Crippen LogP contribution is 2.21. The van der Waals surface area contributed by atoms with E-state index in [0.29, 0.717) is 11.5 Å². The fraction of sp³-hybridized carbons (Fsp3) is 0.455. The standard InChI is InChI=1S/C11H14ClN3O2S/c1-8(7-18(2,16)17)15-10(6-12)14-9-4-3-5-13-11(9)15/h3-5,8H,6-7H2,1-2H3. The lowest BCUT2D eigenvalue weighted by atomic mass is 10.3. The van der Waals surface area contributed by atoms with Crippen molar-refractivity contribution in [3.63, 3.8) is 0 Å². The molecule has 5 nitrogen and oxygen atoms in total. The van der Waals surface area contributed by atoms with Crippen LogP contribution in [0.2, 0.25) is 0 Å². The van der Waals surface area contributed by atoms with Gasteiger partial charge in [-0.3, -0.25) is 0 Å². The van der Waals surface area contributed by atoms with E-state index in [1.807, 2.05) is 13.0 Å². The van der Waals surface area contributed by atoms with Crippen LogP contribution in [0.25, 0.3) is 11.2 Å². The van der Waals surface area contributed by atoms with Crippen LogP contribution in [0.5, 0.6) is 0 Å². The van der Waals surface area contributed by atoms with Gasteiger partial charge in [-0.2, -0.15) is 0 Å². The van der Waals surface area contributed by atoms with Crippen LogP contribution in [0.1, 0.15) is 18.8 Å². The number of imidazole rings is 1. The third kappa shape index (κ3) is 2.64. The van der Waals surface area contributed by atoms with Gasteiger partial charge in [0.25, 0.3) is 0 Å². The van der Waals surface area contributed by atoms with Crippen LogP contribution in [0.15, 0.2) is 18.3 Å². The van der Waals surface area contributed by atoms with E-state index in [1.54, 1.807) is 16.8 Å². The first-order valence-corrected chi connectivity index (χ1v) is 8.07. The van der Waals surface area contributed by atoms with E-state index >= 15 is 0 Å². The number of hydrogen-bond donors (Lipinski definition) is 0. The largest absolute Gasteiger partial charge is 0.308 e. The molecule has 0 aromatic carbocycles. The zero-order valence-electron chi connectivity index (χ0n) is 10.2. The van der Waals surface area contributed by atoms with Crippen molar-refractivity contribution < 1.29 is 8.42 Å². The lowest BCUT2D eigenvalue weighted by molar-refractivity contribution is 0.559. The first kappa shape index (κ1) is 13.3. The molecule has 98 valence electrons. The molecule has 0 aliphatic heterocycles. The normalized spacial score (nSPS) is 13.9. The van der Waals surface area contributed by atoms with Crippen molar-refractivity contribution in [2.75, 3.05) is 12.0 Å². The van der Waals surface area contributed by atoms with Crippen molar-refractivity contribution in [1.29, 1.82) is 0 Å². The molecule has 0 radical (unpaired) electrons. The van der Waals surface area contributed by atoms with Crippen LogP contribution in [-0.2, 0) is 15.7 Å². The van der Waals surface area contributed by atoms with Gasteiger partial charge in [0.2, 0.25) is 0 Å². The molecule has 0 fully saturated rings. The molecular weight excluding hydrogens is 274 g/mol. The smallest absolute Gasteiger partial charge is 0.160 e. The van der Waals surface area contributed by atoms with Gasteiger partial charge in [0, 0.05) is 18.5 Å². The summed E-state index contributed by atoms with van der Waals surface area (Å²) in [6, 6.07) is 3.38. The third-order valence-corrected chi connectivity index (χ3v) is 3.95. The number of alkyl halides is 1. The second-order valence-electron chi connectivity index (χ2n) is 4.32. The average molecular weight is 288 g/mol. The molecule has 1 atom stereocenters. The van der Waals surface area contributed by atoms with Gasteiger partial charge in [0.15, 0.2) is 5.65 Å². The second-order valence-corrected chi connectivity index (χ2v) is 6.77. The van der Waals surface area contributed by atoms with Crippen LogP contribution in [0.4, 0.5) is 0 Å². The van der Waals surface area contributed by atoms with Crippen molar-refractivity contribution in [2.24, 2.45) is 0 Å². The molecule has 0 aliphatic rings. The zero-order valence-corrected chi connectivity index (χ0v) is 11.7. The van der Waals surface area contributed by atoms with Crippen LogP contribution < -0.4 is 0 Å². The molecule has 7 heteroatoms. The highest BCUT2D eigenvalue weighted by atomic mass is 35.5. The van der Waals surface area contributed by atoms with Crippen LogP contribution in [0, 0.1) is 0 Å². The van der Waals surface area contributed by atoms with Gasteiger partial charge in [-0.15, -0.1) is 11.6 Å². The third-order valence-electron chi connectivity index (χ3n) is 2.63. The summed E-state index contributed by atoms with van der Waals surface area (Å²) in [5.74, 6) is 0.908. The van der Waals surface area contributed by atoms with Gasteiger partial charge in [-0.1, -0.05) is 0 Å². The molecule has 0 amide bonds. The molecule has 2 aromatic rings. The van der Waals surface area contributed by atoms with Gasteiger partial charge in [-0.25, -0.2) is 18.4 Å². The predicted molar refractivity (Wildman–Crippen MR) is 71.5 cm³/mol. The number of hydrogen-bond acceptors (Lipinski definition) is 4. The van der Waals surface area contributed by atoms with E-state index < -0.39 is 9.84 Å². The summed E-state index contributed by atoms with van der Waals surface area (Å²) in [6.45, 7) is 1.83. The Morgan fingerprint density at radius 1 is 1.50 bits per heavy atom. The van der Waals surface area contributed by atoms with Gasteiger partial charge in [0.1, 0.15) is 21.2 Å². The molecule has 0 N–H and O–H groups in total. The highest BCUT2D eigenvalue weighted by Gasteiger charge is 2.19. The molecular formula is C11H14ClN3O2S. The molecule has 18 heavy (non-hydrogen) atoms. The van der Waals surface area contributed by atoms with E-state index in [0.717, 1.165) is 5.52 Å². The number of rotatable bonds is 4. The molecule has 0 spiro atoms. The summed E-state index contributed by atoms with van der Waals surface area (Å²) >= 11 is 5.86. The summed E-state index contributed by atoms with van der Waals surface area (Å²) in [5, 5.41) is 0. The first-order chi connectivity index (χ1) is 8.42. The number of sulfone groups is 1. The minimum absolute atomic E-state index is 0.0406. The van der Waals surface area contributed by atoms with Crippen LogP contribution in [0.3, 0.4) is 0 Å². The Balaban J connectivity index is 2.54. The van der Waals surface area contributed by atoms with Crippen molar-refractivity contribution in [1.82, 2.24) is 14.5 Å². The van der Waals surface area contributed by atoms with E-state index in [4.69, 9.17) is 11.6 Å². The molecule has 0 saturated carbocycles. The summed E-state index contributed by atoms with van der Waals surface area (Å²) in [5.41, 5.74) is 1.40. The fourth-order valence-electron chi connectivity index (χ4n) is 2.05. The summed E-state index contributed by atoms with van der Waals surface area (Å²) < 4.78 is 24.6. The van der Waals surface area contributed by atoms with Crippen molar-refractivity contribution in [3.05, 3.63) is 24.2 Å². The predicted octanol–water partition coefficient (Wildman–Crippen LogP) is 1.78. The number of nitrogens with zero attached hydrogens (tertiary/aromatic N) is 3. The quantitative estimate of drug-likeness (QED) is 0.804. The Morgan fingerprint density at radius 2 is 2.22 bits per heavy atom. The van der Waals surface area contributed by atoms with E-state index in [-0.39, 0.29) is 17.7 Å². The van der Waals surface area contributed by atoms with Crippen LogP contribution >= 0.6 is 11.6 Å². The highest BCUT2D eigenvalue weighted by molar-refractivity contribution is 7.90. The monoisotopic (exact) mass is 287 g/mol. The molecule has 2 rings (SSSR count). The number of aromatic nitrogens is 3. The zero-order chi connectivity index (χ0) is 13.3. The number of pyridine rings is 1. The molecule has 1 unspecified atom stereocenters. The van der Waals surface area contributed by atoms with E-state index in [2.05, 4.69) is 9.97 Å². The summed E-state index contributed by atoms with van der Waals surface area (Å²) in [6.07, 6.45) is 2.88. The Labute approximate surface area is 111 Å². The average Bonchev–Trinajstić information content (AvgIpc) is 2.64. The Hall–Kier alpha value is -1.14. The number of fused-ring (bicyclic) bond motifs is 1. The SMILES string of the molecule is CC(CS(C)(=O)=O)n1c(CCl)nc2cccnc21. The van der Waals surface area contributed by atoms with Gasteiger partial charge in [0.05, 0.1) is 11.6 Å². The lowest BCUT2D eigenvalue weighted by Crippen LogP contribution is -2.18. The topological polar surface area (TPSA) is 64.8 Å². The minimum Gasteiger partial charge on any atom is -0.308 e. The lowest BCUT2D eigenvalue weighted by Gasteiger charge is -2.15. The molecule has 0 bridgehead atoms. The van der Waals surface area contributed by atoms with Crippen molar-refractivity contribution in [2.45, 2.75) is 18.8 Å². The van der Waals surface area contributed by atoms with Crippen molar-refractivity contribution in [3.8, 4) is 0 Å². The van der Waals surface area contributed by atoms with E-state index in [1.165, 1.54) is 6.26 Å². The maximum atomic E-state index is 11.4. The Morgan fingerprint density at radius 3 is 2.83 bits per heavy atom. The minimum atomic E-state index is -3.06. The van der Waals surface area contributed by atoms with E-state index in [9.17, 15) is 8.42 Å². The molecule has 0 aliphatic carbocycles. The number of halogens is 1. The maximum absolute atomic E-state index is 11.4. The maximum Gasteiger partial charge on any atom is 0.160 e. The summed E-state index contributed by atoms with van der Waals surface area (Å²) in [4.78, 5) is 8.60. The Bertz CT molecular complexity index is 666.